The molecule has 0 aromatic heterocycles. The Morgan fingerprint density at radius 3 is 2.58 bits per heavy atom. The van der Waals surface area contributed by atoms with Crippen LogP contribution in [0.2, 0.25) is 0 Å². The second-order valence-electron chi connectivity index (χ2n) is 4.66. The number of hydrogen-bond acceptors (Lipinski definition) is 4. The number of nitrogens with zero attached hydrogens (tertiary/aromatic N) is 3. The number of halogens is 2. The van der Waals surface area contributed by atoms with E-state index in [0.29, 0.717) is 38.1 Å². The van der Waals surface area contributed by atoms with Crippen molar-refractivity contribution in [3.8, 4) is 0 Å². The summed E-state index contributed by atoms with van der Waals surface area (Å²) in [7, 11) is 1.45. The second kappa shape index (κ2) is 6.72. The van der Waals surface area contributed by atoms with Gasteiger partial charge in [-0.05, 0) is 36.0 Å². The Morgan fingerprint density at radius 1 is 1.58 bits per heavy atom. The van der Waals surface area contributed by atoms with E-state index in [0.717, 1.165) is 0 Å². The van der Waals surface area contributed by atoms with Gasteiger partial charge in [-0.3, -0.25) is 15.1 Å². The van der Waals surface area contributed by atoms with E-state index in [9.17, 15) is 10.1 Å². The van der Waals surface area contributed by atoms with Gasteiger partial charge in [0.1, 0.15) is 0 Å². The van der Waals surface area contributed by atoms with Crippen molar-refractivity contribution in [2.45, 2.75) is 18.3 Å². The predicted molar refractivity (Wildman–Crippen MR) is 75.5 cm³/mol. The van der Waals surface area contributed by atoms with Crippen LogP contribution in [0.5, 0.6) is 0 Å². The average molecular weight is 312 g/mol. The highest BCUT2D eigenvalue weighted by Crippen LogP contribution is 2.28. The number of ether oxygens (including phenoxy) is 1. The molecule has 0 aromatic carbocycles. The average Bonchev–Trinajstić information content (AvgIpc) is 2.74. The Labute approximate surface area is 122 Å². The number of aliphatic imine (C=N–C) groups is 1. The molecule has 0 amide bonds. The van der Waals surface area contributed by atoms with Crippen molar-refractivity contribution in [3.63, 3.8) is 0 Å². The maximum atomic E-state index is 11.0. The summed E-state index contributed by atoms with van der Waals surface area (Å²) < 4.78 is 3.18. The molecule has 19 heavy (non-hydrogen) atoms. The zero-order valence-corrected chi connectivity index (χ0v) is 12.8. The van der Waals surface area contributed by atoms with E-state index in [1.165, 1.54) is 7.05 Å². The minimum Gasteiger partial charge on any atom is -0.381 e. The Bertz CT molecular complexity index is 363. The lowest BCUT2D eigenvalue weighted by molar-refractivity contribution is -0.497. The lowest BCUT2D eigenvalue weighted by Crippen LogP contribution is -2.48. The van der Waals surface area contributed by atoms with Crippen LogP contribution in [0.3, 0.4) is 0 Å². The van der Waals surface area contributed by atoms with Crippen molar-refractivity contribution < 1.29 is 9.66 Å². The highest BCUT2D eigenvalue weighted by Gasteiger charge is 2.47. The maximum absolute atomic E-state index is 11.0. The van der Waals surface area contributed by atoms with Gasteiger partial charge >= 0.3 is 4.46 Å². The second-order valence-corrected chi connectivity index (χ2v) is 5.95. The van der Waals surface area contributed by atoms with Gasteiger partial charge in [0.15, 0.2) is 0 Å². The fourth-order valence-corrected chi connectivity index (χ4v) is 2.54. The molecule has 1 saturated heterocycles. The summed E-state index contributed by atoms with van der Waals surface area (Å²) in [6, 6.07) is 0. The van der Waals surface area contributed by atoms with E-state index in [1.807, 2.05) is 6.92 Å². The topological polar surface area (TPSA) is 68.0 Å². The van der Waals surface area contributed by atoms with Gasteiger partial charge in [-0.2, -0.15) is 0 Å². The van der Waals surface area contributed by atoms with Gasteiger partial charge in [0.05, 0.1) is 11.5 Å². The standard InChI is InChI=1S/C11H19Cl2N3O3/c1-4-15(5-9-7-19-6-8(9)2)10(14-3)11(12,13)16(17)18/h8-9H,4-7H2,1-3H3. The molecule has 8 heteroatoms. The first-order chi connectivity index (χ1) is 8.84. The van der Waals surface area contributed by atoms with E-state index in [4.69, 9.17) is 27.9 Å². The van der Waals surface area contributed by atoms with Crippen LogP contribution in [0, 0.1) is 22.0 Å². The first-order valence-corrected chi connectivity index (χ1v) is 6.92. The Morgan fingerprint density at radius 2 is 2.21 bits per heavy atom. The Hall–Kier alpha value is -0.590. The van der Waals surface area contributed by atoms with Crippen LogP contribution in [0.15, 0.2) is 4.99 Å². The fourth-order valence-electron chi connectivity index (χ4n) is 2.13. The molecule has 1 rings (SSSR count). The van der Waals surface area contributed by atoms with E-state index in [2.05, 4.69) is 11.9 Å². The SMILES string of the molecule is CCN(CC1COCC1C)C(=NC)C(Cl)(Cl)[N+](=O)[O-]. The molecule has 110 valence electrons. The van der Waals surface area contributed by atoms with Gasteiger partial charge in [0, 0.05) is 32.7 Å². The van der Waals surface area contributed by atoms with Crippen LogP contribution in [0.1, 0.15) is 13.8 Å². The van der Waals surface area contributed by atoms with Crippen LogP contribution in [-0.2, 0) is 4.74 Å². The van der Waals surface area contributed by atoms with Crippen LogP contribution < -0.4 is 0 Å². The molecule has 6 nitrogen and oxygen atoms in total. The van der Waals surface area contributed by atoms with Gasteiger partial charge < -0.3 is 9.64 Å². The van der Waals surface area contributed by atoms with Crippen molar-refractivity contribution in [1.82, 2.24) is 4.90 Å². The summed E-state index contributed by atoms with van der Waals surface area (Å²) in [5, 5.41) is 11.0. The lowest BCUT2D eigenvalue weighted by Gasteiger charge is -2.30. The van der Waals surface area contributed by atoms with Crippen LogP contribution >= 0.6 is 23.2 Å². The minimum absolute atomic E-state index is 0.0717. The van der Waals surface area contributed by atoms with Crippen molar-refractivity contribution in [2.75, 3.05) is 33.4 Å². The molecule has 1 fully saturated rings. The summed E-state index contributed by atoms with van der Waals surface area (Å²) in [4.78, 5) is 15.9. The third-order valence-electron chi connectivity index (χ3n) is 3.36. The van der Waals surface area contributed by atoms with E-state index < -0.39 is 9.38 Å². The van der Waals surface area contributed by atoms with E-state index in [1.54, 1.807) is 4.90 Å². The number of nitro groups is 1. The largest absolute Gasteiger partial charge is 0.428 e. The van der Waals surface area contributed by atoms with Crippen LogP contribution in [0.25, 0.3) is 0 Å². The Kier molecular flexibility index (Phi) is 5.82. The van der Waals surface area contributed by atoms with Gasteiger partial charge in [-0.25, -0.2) is 0 Å². The van der Waals surface area contributed by atoms with Crippen molar-refractivity contribution in [2.24, 2.45) is 16.8 Å². The third-order valence-corrected chi connectivity index (χ3v) is 3.98. The summed E-state index contributed by atoms with van der Waals surface area (Å²) in [5.74, 6) is 0.776. The molecule has 1 heterocycles. The molecule has 1 aliphatic rings. The highest BCUT2D eigenvalue weighted by atomic mass is 35.5. The summed E-state index contributed by atoms with van der Waals surface area (Å²) in [6.07, 6.45) is 0. The number of amidine groups is 1. The smallest absolute Gasteiger partial charge is 0.381 e. The normalized spacial score (nSPS) is 24.6. The van der Waals surface area contributed by atoms with Crippen molar-refractivity contribution in [3.05, 3.63) is 10.1 Å². The molecule has 0 radical (unpaired) electrons. The van der Waals surface area contributed by atoms with Gasteiger partial charge in [-0.15, -0.1) is 0 Å². The third kappa shape index (κ3) is 3.70. The molecule has 0 spiro atoms. The number of likely N-dealkylation sites (N-methyl/N-ethyl adjacent to an activating group) is 1. The Balaban J connectivity index is 2.85. The molecule has 1 aliphatic heterocycles. The van der Waals surface area contributed by atoms with Gasteiger partial charge in [0.2, 0.25) is 5.84 Å². The molecule has 0 bridgehead atoms. The maximum Gasteiger partial charge on any atom is 0.428 e. The summed E-state index contributed by atoms with van der Waals surface area (Å²) in [6.45, 7) is 6.48. The van der Waals surface area contributed by atoms with Gasteiger partial charge in [0.25, 0.3) is 0 Å². The van der Waals surface area contributed by atoms with Crippen LogP contribution in [-0.4, -0.2) is 53.5 Å². The first kappa shape index (κ1) is 16.5. The zero-order chi connectivity index (χ0) is 14.6. The number of rotatable bonds is 5. The van der Waals surface area contributed by atoms with Crippen molar-refractivity contribution in [1.29, 1.82) is 0 Å². The molecule has 2 atom stereocenters. The molecule has 0 N–H and O–H groups in total. The van der Waals surface area contributed by atoms with Crippen LogP contribution in [0.4, 0.5) is 0 Å². The highest BCUT2D eigenvalue weighted by molar-refractivity contribution is 6.57. The monoisotopic (exact) mass is 311 g/mol. The molecule has 0 aliphatic carbocycles. The summed E-state index contributed by atoms with van der Waals surface area (Å²) in [5.41, 5.74) is 0. The van der Waals surface area contributed by atoms with Crippen molar-refractivity contribution >= 4 is 29.0 Å². The predicted octanol–water partition coefficient (Wildman–Crippen LogP) is 2.03. The van der Waals surface area contributed by atoms with Gasteiger partial charge in [-0.1, -0.05) is 6.92 Å². The quantitative estimate of drug-likeness (QED) is 0.194. The molecule has 0 saturated carbocycles. The first-order valence-electron chi connectivity index (χ1n) is 6.16. The number of alkyl halides is 2. The molecule has 0 aromatic rings. The summed E-state index contributed by atoms with van der Waals surface area (Å²) >= 11 is 11.6. The molecular formula is C11H19Cl2N3O3. The minimum atomic E-state index is -2.21. The zero-order valence-electron chi connectivity index (χ0n) is 11.3. The molecule has 2 unspecified atom stereocenters. The lowest BCUT2D eigenvalue weighted by atomic mass is 9.97. The number of hydrogen-bond donors (Lipinski definition) is 0. The van der Waals surface area contributed by atoms with E-state index in [-0.39, 0.29) is 5.84 Å². The fraction of sp³-hybridized carbons (Fsp3) is 0.909. The van der Waals surface area contributed by atoms with E-state index >= 15 is 0 Å². The molecular weight excluding hydrogens is 293 g/mol.